The first kappa shape index (κ1) is 13.6. The molecule has 3 rings (SSSR count). The number of likely N-dealkylation sites (N-methyl/N-ethyl adjacent to an activating group) is 1. The van der Waals surface area contributed by atoms with E-state index >= 15 is 0 Å². The predicted molar refractivity (Wildman–Crippen MR) is 75.5 cm³/mol. The van der Waals surface area contributed by atoms with Crippen molar-refractivity contribution >= 4 is 16.9 Å². The Morgan fingerprint density at radius 3 is 2.86 bits per heavy atom. The van der Waals surface area contributed by atoms with E-state index in [0.29, 0.717) is 23.9 Å². The fourth-order valence-corrected chi connectivity index (χ4v) is 2.75. The largest absolute Gasteiger partial charge is 0.507 e. The van der Waals surface area contributed by atoms with Crippen LogP contribution in [0.5, 0.6) is 5.75 Å². The van der Waals surface area contributed by atoms with Gasteiger partial charge in [-0.15, -0.1) is 0 Å². The molecule has 0 atom stereocenters. The summed E-state index contributed by atoms with van der Waals surface area (Å²) in [6.07, 6.45) is 0.694. The molecule has 0 saturated carbocycles. The average molecular weight is 289 g/mol. The third kappa shape index (κ3) is 2.08. The molecule has 2 aromatic rings. The SMILES string of the molecule is COC(=O)c1c(O)ccc2c3c(c(=O)oc12)CN(C)CC3. The molecule has 1 N–H and O–H groups in total. The van der Waals surface area contributed by atoms with Crippen molar-refractivity contribution in [3.63, 3.8) is 0 Å². The van der Waals surface area contributed by atoms with Gasteiger partial charge in [0.15, 0.2) is 5.58 Å². The van der Waals surface area contributed by atoms with Crippen molar-refractivity contribution in [3.8, 4) is 5.75 Å². The van der Waals surface area contributed by atoms with Gasteiger partial charge in [0, 0.05) is 18.5 Å². The monoisotopic (exact) mass is 289 g/mol. The molecule has 1 aliphatic heterocycles. The van der Waals surface area contributed by atoms with Crippen LogP contribution >= 0.6 is 0 Å². The Morgan fingerprint density at radius 1 is 1.38 bits per heavy atom. The molecule has 6 nitrogen and oxygen atoms in total. The molecule has 1 aromatic carbocycles. The van der Waals surface area contributed by atoms with Crippen molar-refractivity contribution in [3.05, 3.63) is 39.2 Å². The van der Waals surface area contributed by atoms with Crippen molar-refractivity contribution < 1.29 is 19.1 Å². The first-order valence-electron chi connectivity index (χ1n) is 6.60. The molecule has 0 saturated heterocycles. The van der Waals surface area contributed by atoms with E-state index in [1.807, 2.05) is 11.9 Å². The fraction of sp³-hybridized carbons (Fsp3) is 0.333. The zero-order valence-corrected chi connectivity index (χ0v) is 11.8. The number of methoxy groups -OCH3 is 1. The van der Waals surface area contributed by atoms with E-state index in [0.717, 1.165) is 12.1 Å². The van der Waals surface area contributed by atoms with Gasteiger partial charge < -0.3 is 19.2 Å². The highest BCUT2D eigenvalue weighted by atomic mass is 16.5. The average Bonchev–Trinajstić information content (AvgIpc) is 2.47. The van der Waals surface area contributed by atoms with Gasteiger partial charge in [0.05, 0.1) is 12.7 Å². The topological polar surface area (TPSA) is 80.0 Å². The van der Waals surface area contributed by atoms with Gasteiger partial charge in [0.1, 0.15) is 11.3 Å². The lowest BCUT2D eigenvalue weighted by Gasteiger charge is -2.24. The number of phenolic OH excluding ortho intramolecular Hbond substituents is 1. The quantitative estimate of drug-likeness (QED) is 0.629. The van der Waals surface area contributed by atoms with Crippen molar-refractivity contribution in [2.45, 2.75) is 13.0 Å². The number of carbonyl (C=O) groups is 1. The number of benzene rings is 1. The number of hydrogen-bond acceptors (Lipinski definition) is 6. The number of hydrogen-bond donors (Lipinski definition) is 1. The van der Waals surface area contributed by atoms with Crippen LogP contribution in [0.1, 0.15) is 21.5 Å². The Hall–Kier alpha value is -2.34. The van der Waals surface area contributed by atoms with Crippen LogP contribution < -0.4 is 5.63 Å². The summed E-state index contributed by atoms with van der Waals surface area (Å²) in [5.41, 5.74) is 1.01. The number of rotatable bonds is 1. The van der Waals surface area contributed by atoms with Gasteiger partial charge in [0.2, 0.25) is 0 Å². The zero-order valence-electron chi connectivity index (χ0n) is 11.8. The van der Waals surface area contributed by atoms with Gasteiger partial charge in [0.25, 0.3) is 0 Å². The molecular formula is C15H15NO5. The van der Waals surface area contributed by atoms with E-state index < -0.39 is 11.6 Å². The molecular weight excluding hydrogens is 274 g/mol. The lowest BCUT2D eigenvalue weighted by molar-refractivity contribution is 0.0598. The number of aromatic hydroxyl groups is 1. The minimum Gasteiger partial charge on any atom is -0.507 e. The van der Waals surface area contributed by atoms with Crippen LogP contribution in [0.4, 0.5) is 0 Å². The smallest absolute Gasteiger partial charge is 0.345 e. The van der Waals surface area contributed by atoms with E-state index in [1.54, 1.807) is 6.07 Å². The third-order valence-corrected chi connectivity index (χ3v) is 3.83. The van der Waals surface area contributed by atoms with Crippen LogP contribution in [0.25, 0.3) is 11.0 Å². The second-order valence-corrected chi connectivity index (χ2v) is 5.16. The summed E-state index contributed by atoms with van der Waals surface area (Å²) >= 11 is 0. The fourth-order valence-electron chi connectivity index (χ4n) is 2.75. The molecule has 110 valence electrons. The van der Waals surface area contributed by atoms with Gasteiger partial charge in [-0.1, -0.05) is 0 Å². The van der Waals surface area contributed by atoms with Crippen LogP contribution in [0.2, 0.25) is 0 Å². The zero-order chi connectivity index (χ0) is 15.1. The third-order valence-electron chi connectivity index (χ3n) is 3.83. The van der Waals surface area contributed by atoms with Gasteiger partial charge >= 0.3 is 11.6 Å². The summed E-state index contributed by atoms with van der Waals surface area (Å²) < 4.78 is 9.96. The Morgan fingerprint density at radius 2 is 2.14 bits per heavy atom. The summed E-state index contributed by atoms with van der Waals surface area (Å²) in [5, 5.41) is 10.6. The summed E-state index contributed by atoms with van der Waals surface area (Å²) in [7, 11) is 3.15. The molecule has 6 heteroatoms. The molecule has 1 aliphatic rings. The molecule has 0 radical (unpaired) electrons. The number of phenols is 1. The molecule has 0 aliphatic carbocycles. The highest BCUT2D eigenvalue weighted by molar-refractivity contribution is 6.05. The lowest BCUT2D eigenvalue weighted by atomic mass is 9.96. The molecule has 0 amide bonds. The molecule has 21 heavy (non-hydrogen) atoms. The molecule has 0 fully saturated rings. The van der Waals surface area contributed by atoms with Crippen LogP contribution in [0, 0.1) is 0 Å². The van der Waals surface area contributed by atoms with Crippen molar-refractivity contribution in [1.82, 2.24) is 4.90 Å². The second-order valence-electron chi connectivity index (χ2n) is 5.16. The Kier molecular flexibility index (Phi) is 3.17. The van der Waals surface area contributed by atoms with Crippen LogP contribution in [0.3, 0.4) is 0 Å². The van der Waals surface area contributed by atoms with Gasteiger partial charge in [-0.05, 0) is 31.2 Å². The predicted octanol–water partition coefficient (Wildman–Crippen LogP) is 1.27. The molecule has 1 aromatic heterocycles. The van der Waals surface area contributed by atoms with Crippen LogP contribution in [0.15, 0.2) is 21.3 Å². The van der Waals surface area contributed by atoms with E-state index in [4.69, 9.17) is 4.42 Å². The number of esters is 1. The normalized spacial score (nSPS) is 15.0. The number of nitrogens with zero attached hydrogens (tertiary/aromatic N) is 1. The maximum absolute atomic E-state index is 12.2. The molecule has 0 spiro atoms. The first-order valence-corrected chi connectivity index (χ1v) is 6.60. The Balaban J connectivity index is 2.37. The van der Waals surface area contributed by atoms with Crippen molar-refractivity contribution in [2.75, 3.05) is 20.7 Å². The van der Waals surface area contributed by atoms with Gasteiger partial charge in [-0.2, -0.15) is 0 Å². The molecule has 2 heterocycles. The van der Waals surface area contributed by atoms with Gasteiger partial charge in [-0.25, -0.2) is 9.59 Å². The Labute approximate surface area is 120 Å². The van der Waals surface area contributed by atoms with Crippen LogP contribution in [-0.4, -0.2) is 36.7 Å². The first-order chi connectivity index (χ1) is 10.0. The van der Waals surface area contributed by atoms with Gasteiger partial charge in [-0.3, -0.25) is 0 Å². The summed E-state index contributed by atoms with van der Waals surface area (Å²) in [6.45, 7) is 1.34. The van der Waals surface area contributed by atoms with E-state index in [2.05, 4.69) is 4.74 Å². The molecule has 0 unspecified atom stereocenters. The number of fused-ring (bicyclic) bond motifs is 3. The highest BCUT2D eigenvalue weighted by Crippen LogP contribution is 2.31. The minimum absolute atomic E-state index is 0.0927. The highest BCUT2D eigenvalue weighted by Gasteiger charge is 2.25. The number of ether oxygens (including phenoxy) is 1. The summed E-state index contributed by atoms with van der Waals surface area (Å²) in [6, 6.07) is 3.09. The van der Waals surface area contributed by atoms with Crippen molar-refractivity contribution in [1.29, 1.82) is 0 Å². The second kappa shape index (κ2) is 4.89. The molecule has 0 bridgehead atoms. The Bertz CT molecular complexity index is 793. The maximum atomic E-state index is 12.2. The lowest BCUT2D eigenvalue weighted by Crippen LogP contribution is -2.31. The summed E-state index contributed by atoms with van der Waals surface area (Å²) in [5.74, 6) is -0.987. The van der Waals surface area contributed by atoms with Crippen LogP contribution in [-0.2, 0) is 17.7 Å². The van der Waals surface area contributed by atoms with E-state index in [1.165, 1.54) is 13.2 Å². The minimum atomic E-state index is -0.728. The maximum Gasteiger partial charge on any atom is 0.345 e. The summed E-state index contributed by atoms with van der Waals surface area (Å²) in [4.78, 5) is 26.0. The van der Waals surface area contributed by atoms with E-state index in [-0.39, 0.29) is 16.9 Å². The van der Waals surface area contributed by atoms with E-state index in [9.17, 15) is 14.7 Å². The number of carbonyl (C=O) groups excluding carboxylic acids is 1. The standard InChI is InChI=1S/C15H15NO5/c1-16-6-5-8-9-3-4-11(17)12(15(19)20-2)13(9)21-14(18)10(8)7-16/h3-4,17H,5-7H2,1-2H3. The van der Waals surface area contributed by atoms with Crippen molar-refractivity contribution in [2.24, 2.45) is 0 Å².